The molecule has 132 valence electrons. The van der Waals surface area contributed by atoms with E-state index in [0.29, 0.717) is 29.7 Å². The molecule has 0 radical (unpaired) electrons. The minimum atomic E-state index is 0. The lowest BCUT2D eigenvalue weighted by atomic mass is 10.2. The van der Waals surface area contributed by atoms with E-state index in [4.69, 9.17) is 32.4 Å². The zero-order valence-corrected chi connectivity index (χ0v) is 15.7. The number of benzene rings is 2. The second kappa shape index (κ2) is 9.73. The van der Waals surface area contributed by atoms with Crippen LogP contribution in [0.25, 0.3) is 0 Å². The van der Waals surface area contributed by atoms with Gasteiger partial charge in [0.05, 0.1) is 12.8 Å². The molecule has 3 nitrogen and oxygen atoms in total. The Morgan fingerprint density at radius 1 is 0.920 bits per heavy atom. The number of rotatable bonds is 7. The van der Waals surface area contributed by atoms with Crippen LogP contribution in [0.15, 0.2) is 65.3 Å². The fraction of sp³-hybridized carbons (Fsp3) is 0.158. The highest BCUT2D eigenvalue weighted by molar-refractivity contribution is 6.30. The molecule has 3 aromatic rings. The first-order valence-electron chi connectivity index (χ1n) is 7.59. The van der Waals surface area contributed by atoms with Crippen LogP contribution in [0, 0.1) is 0 Å². The minimum Gasteiger partial charge on any atom is -0.489 e. The summed E-state index contributed by atoms with van der Waals surface area (Å²) in [6.45, 7) is 1.76. The van der Waals surface area contributed by atoms with Crippen molar-refractivity contribution in [1.29, 1.82) is 0 Å². The Hall–Kier alpha value is -1.65. The lowest BCUT2D eigenvalue weighted by Crippen LogP contribution is -2.13. The second-order valence-corrected chi connectivity index (χ2v) is 6.22. The van der Waals surface area contributed by atoms with Gasteiger partial charge in [0.2, 0.25) is 0 Å². The number of hydrogen-bond donors (Lipinski definition) is 1. The van der Waals surface area contributed by atoms with E-state index in [9.17, 15) is 0 Å². The molecule has 0 aliphatic rings. The van der Waals surface area contributed by atoms with E-state index in [1.165, 1.54) is 0 Å². The van der Waals surface area contributed by atoms with Gasteiger partial charge in [0.15, 0.2) is 0 Å². The van der Waals surface area contributed by atoms with Gasteiger partial charge in [0, 0.05) is 22.2 Å². The minimum absolute atomic E-state index is 0. The fourth-order valence-corrected chi connectivity index (χ4v) is 2.62. The van der Waals surface area contributed by atoms with Crippen LogP contribution >= 0.6 is 35.6 Å². The van der Waals surface area contributed by atoms with Crippen molar-refractivity contribution in [3.8, 4) is 5.75 Å². The average molecular weight is 399 g/mol. The monoisotopic (exact) mass is 397 g/mol. The third-order valence-corrected chi connectivity index (χ3v) is 4.01. The first-order valence-corrected chi connectivity index (χ1v) is 8.35. The zero-order valence-electron chi connectivity index (χ0n) is 13.4. The SMILES string of the molecule is Cl.Clc1ccc(COc2ccc(Cl)cc2CNCc2ccco2)cc1. The normalized spacial score (nSPS) is 10.3. The molecular weight excluding hydrogens is 381 g/mol. The summed E-state index contributed by atoms with van der Waals surface area (Å²) in [7, 11) is 0. The molecule has 1 aromatic heterocycles. The van der Waals surface area contributed by atoms with Crippen molar-refractivity contribution in [1.82, 2.24) is 5.32 Å². The summed E-state index contributed by atoms with van der Waals surface area (Å²) >= 11 is 12.0. The molecule has 0 saturated heterocycles. The van der Waals surface area contributed by atoms with Crippen LogP contribution < -0.4 is 10.1 Å². The molecule has 0 aliphatic carbocycles. The molecule has 0 bridgehead atoms. The van der Waals surface area contributed by atoms with Gasteiger partial charge in [-0.3, -0.25) is 0 Å². The maximum absolute atomic E-state index is 6.11. The van der Waals surface area contributed by atoms with Crippen molar-refractivity contribution in [2.45, 2.75) is 19.7 Å². The van der Waals surface area contributed by atoms with E-state index in [2.05, 4.69) is 5.32 Å². The van der Waals surface area contributed by atoms with Gasteiger partial charge in [-0.25, -0.2) is 0 Å². The number of ether oxygens (including phenoxy) is 1. The Morgan fingerprint density at radius 2 is 1.68 bits per heavy atom. The first kappa shape index (κ1) is 19.7. The molecule has 0 amide bonds. The molecule has 0 atom stereocenters. The van der Waals surface area contributed by atoms with Gasteiger partial charge in [0.1, 0.15) is 18.1 Å². The van der Waals surface area contributed by atoms with E-state index in [0.717, 1.165) is 22.6 Å². The highest BCUT2D eigenvalue weighted by Crippen LogP contribution is 2.24. The van der Waals surface area contributed by atoms with Crippen LogP contribution in [0.5, 0.6) is 5.75 Å². The third-order valence-electron chi connectivity index (χ3n) is 3.52. The highest BCUT2D eigenvalue weighted by Gasteiger charge is 2.06. The quantitative estimate of drug-likeness (QED) is 0.540. The average Bonchev–Trinajstić information content (AvgIpc) is 3.09. The molecule has 6 heteroatoms. The summed E-state index contributed by atoms with van der Waals surface area (Å²) in [6.07, 6.45) is 1.66. The molecule has 0 spiro atoms. The van der Waals surface area contributed by atoms with E-state index in [-0.39, 0.29) is 12.4 Å². The largest absolute Gasteiger partial charge is 0.489 e. The highest BCUT2D eigenvalue weighted by atomic mass is 35.5. The molecule has 0 fully saturated rings. The van der Waals surface area contributed by atoms with Gasteiger partial charge in [-0.1, -0.05) is 35.3 Å². The number of furan rings is 1. The van der Waals surface area contributed by atoms with Crippen LogP contribution in [-0.2, 0) is 19.7 Å². The molecular formula is C19H18Cl3NO2. The predicted octanol–water partition coefficient (Wildman–Crippen LogP) is 5.88. The van der Waals surface area contributed by atoms with E-state index in [1.54, 1.807) is 6.26 Å². The first-order chi connectivity index (χ1) is 11.7. The Bertz CT molecular complexity index is 774. The smallest absolute Gasteiger partial charge is 0.124 e. The fourth-order valence-electron chi connectivity index (χ4n) is 2.30. The third kappa shape index (κ3) is 5.98. The van der Waals surface area contributed by atoms with E-state index < -0.39 is 0 Å². The predicted molar refractivity (Wildman–Crippen MR) is 104 cm³/mol. The van der Waals surface area contributed by atoms with Crippen LogP contribution in [0.4, 0.5) is 0 Å². The van der Waals surface area contributed by atoms with Crippen molar-refractivity contribution in [2.75, 3.05) is 0 Å². The van der Waals surface area contributed by atoms with Gasteiger partial charge in [0.25, 0.3) is 0 Å². The zero-order chi connectivity index (χ0) is 16.8. The summed E-state index contributed by atoms with van der Waals surface area (Å²) < 4.78 is 11.3. The van der Waals surface area contributed by atoms with Crippen molar-refractivity contribution in [3.05, 3.63) is 87.8 Å². The summed E-state index contributed by atoms with van der Waals surface area (Å²) in [5.74, 6) is 1.70. The standard InChI is InChI=1S/C19H17Cl2NO2.ClH/c20-16-5-3-14(4-6-16)13-24-19-8-7-17(21)10-15(19)11-22-12-18-2-1-9-23-18;/h1-10,22H,11-13H2;1H. The molecule has 25 heavy (non-hydrogen) atoms. The molecule has 0 aliphatic heterocycles. The van der Waals surface area contributed by atoms with Crippen molar-refractivity contribution >= 4 is 35.6 Å². The Morgan fingerprint density at radius 3 is 2.40 bits per heavy atom. The van der Waals surface area contributed by atoms with Crippen molar-refractivity contribution < 1.29 is 9.15 Å². The topological polar surface area (TPSA) is 34.4 Å². The lowest BCUT2D eigenvalue weighted by Gasteiger charge is -2.13. The lowest BCUT2D eigenvalue weighted by molar-refractivity contribution is 0.302. The Labute approximate surface area is 163 Å². The van der Waals surface area contributed by atoms with Gasteiger partial charge in [-0.15, -0.1) is 12.4 Å². The molecule has 3 rings (SSSR count). The second-order valence-electron chi connectivity index (χ2n) is 5.35. The maximum atomic E-state index is 6.11. The summed E-state index contributed by atoms with van der Waals surface area (Å²) in [6, 6.07) is 17.0. The van der Waals surface area contributed by atoms with Crippen LogP contribution in [0.3, 0.4) is 0 Å². The molecule has 0 unspecified atom stereocenters. The van der Waals surface area contributed by atoms with Crippen LogP contribution in [0.1, 0.15) is 16.9 Å². The molecule has 2 aromatic carbocycles. The number of nitrogens with one attached hydrogen (secondary N) is 1. The summed E-state index contributed by atoms with van der Waals surface area (Å²) in [5.41, 5.74) is 2.06. The van der Waals surface area contributed by atoms with Gasteiger partial charge in [-0.05, 0) is 48.0 Å². The Kier molecular flexibility index (Phi) is 7.66. The van der Waals surface area contributed by atoms with Gasteiger partial charge >= 0.3 is 0 Å². The van der Waals surface area contributed by atoms with Crippen molar-refractivity contribution in [3.63, 3.8) is 0 Å². The Balaban J connectivity index is 0.00000225. The van der Waals surface area contributed by atoms with Gasteiger partial charge in [-0.2, -0.15) is 0 Å². The van der Waals surface area contributed by atoms with E-state index in [1.807, 2.05) is 54.6 Å². The van der Waals surface area contributed by atoms with E-state index >= 15 is 0 Å². The molecule has 1 heterocycles. The molecule has 1 N–H and O–H groups in total. The number of halogens is 3. The number of hydrogen-bond acceptors (Lipinski definition) is 3. The molecule has 0 saturated carbocycles. The van der Waals surface area contributed by atoms with Crippen molar-refractivity contribution in [2.24, 2.45) is 0 Å². The van der Waals surface area contributed by atoms with Crippen LogP contribution in [-0.4, -0.2) is 0 Å². The van der Waals surface area contributed by atoms with Gasteiger partial charge < -0.3 is 14.5 Å². The summed E-state index contributed by atoms with van der Waals surface area (Å²) in [5, 5.41) is 4.73. The maximum Gasteiger partial charge on any atom is 0.124 e. The van der Waals surface area contributed by atoms with Crippen LogP contribution in [0.2, 0.25) is 10.0 Å². The summed E-state index contributed by atoms with van der Waals surface area (Å²) in [4.78, 5) is 0.